The summed E-state index contributed by atoms with van der Waals surface area (Å²) >= 11 is 0. The van der Waals surface area contributed by atoms with E-state index < -0.39 is 15.8 Å². The predicted octanol–water partition coefficient (Wildman–Crippen LogP) is 1.81. The fraction of sp³-hybridized carbons (Fsp3) is 0.235. The summed E-state index contributed by atoms with van der Waals surface area (Å²) in [5.74, 6) is 0.497. The lowest BCUT2D eigenvalue weighted by Gasteiger charge is -2.09. The van der Waals surface area contributed by atoms with Gasteiger partial charge in [0.2, 0.25) is 10.0 Å². The molecule has 0 radical (unpaired) electrons. The maximum Gasteiger partial charge on any atom is 0.240 e. The number of hydrogen-bond donors (Lipinski definition) is 2. The Morgan fingerprint density at radius 1 is 1.07 bits per heavy atom. The number of halogens is 1. The van der Waals surface area contributed by atoms with Crippen molar-refractivity contribution in [2.45, 2.75) is 18.7 Å². The third kappa shape index (κ3) is 4.66. The highest BCUT2D eigenvalue weighted by atomic mass is 32.2. The average Bonchev–Trinajstić information content (AvgIpc) is 2.97. The van der Waals surface area contributed by atoms with Crippen molar-refractivity contribution in [3.05, 3.63) is 59.7 Å². The molecular weight excluding hydrogens is 371 g/mol. The second kappa shape index (κ2) is 7.80. The topological polar surface area (TPSA) is 102 Å². The van der Waals surface area contributed by atoms with Crippen molar-refractivity contribution in [3.63, 3.8) is 0 Å². The Kier molecular flexibility index (Phi) is 5.47. The number of sulfonamides is 1. The zero-order valence-electron chi connectivity index (χ0n) is 14.8. The molecule has 2 aromatic heterocycles. The Bertz CT molecular complexity index is 1030. The van der Waals surface area contributed by atoms with Crippen LogP contribution < -0.4 is 10.0 Å². The summed E-state index contributed by atoms with van der Waals surface area (Å²) in [6, 6.07) is 10.3. The molecule has 2 N–H and O–H groups in total. The van der Waals surface area contributed by atoms with E-state index in [1.165, 1.54) is 18.2 Å². The summed E-state index contributed by atoms with van der Waals surface area (Å²) in [4.78, 5) is -0.114. The molecule has 0 bridgehead atoms. The van der Waals surface area contributed by atoms with Crippen LogP contribution in [-0.2, 0) is 10.0 Å². The van der Waals surface area contributed by atoms with Crippen molar-refractivity contribution in [1.82, 2.24) is 24.7 Å². The molecule has 0 aliphatic carbocycles. The van der Waals surface area contributed by atoms with Crippen LogP contribution >= 0.6 is 0 Å². The average molecular weight is 390 g/mol. The van der Waals surface area contributed by atoms with Gasteiger partial charge in [-0.3, -0.25) is 0 Å². The van der Waals surface area contributed by atoms with Gasteiger partial charge in [-0.05, 0) is 50.2 Å². The van der Waals surface area contributed by atoms with Gasteiger partial charge in [0.1, 0.15) is 11.6 Å². The monoisotopic (exact) mass is 390 g/mol. The van der Waals surface area contributed by atoms with E-state index >= 15 is 0 Å². The molecule has 0 fully saturated rings. The van der Waals surface area contributed by atoms with Gasteiger partial charge in [-0.2, -0.15) is 5.10 Å². The minimum atomic E-state index is -3.76. The van der Waals surface area contributed by atoms with Crippen LogP contribution in [0.15, 0.2) is 47.4 Å². The van der Waals surface area contributed by atoms with Crippen molar-refractivity contribution in [2.24, 2.45) is 0 Å². The predicted molar refractivity (Wildman–Crippen MR) is 98.7 cm³/mol. The Balaban J connectivity index is 1.54. The summed E-state index contributed by atoms with van der Waals surface area (Å²) < 4.78 is 41.4. The molecule has 0 unspecified atom stereocenters. The van der Waals surface area contributed by atoms with Crippen LogP contribution in [0.25, 0.3) is 5.82 Å². The Morgan fingerprint density at radius 2 is 1.89 bits per heavy atom. The highest BCUT2D eigenvalue weighted by molar-refractivity contribution is 7.89. The molecule has 142 valence electrons. The molecular formula is C17H19FN6O2S. The summed E-state index contributed by atoms with van der Waals surface area (Å²) in [6.45, 7) is 4.23. The van der Waals surface area contributed by atoms with Crippen LogP contribution in [0.3, 0.4) is 0 Å². The summed E-state index contributed by atoms with van der Waals surface area (Å²) in [7, 11) is -3.76. The maximum absolute atomic E-state index is 13.2. The summed E-state index contributed by atoms with van der Waals surface area (Å²) in [6.07, 6.45) is 0. The third-order valence-corrected chi connectivity index (χ3v) is 5.17. The minimum absolute atomic E-state index is 0.111. The number of nitrogens with one attached hydrogen (secondary N) is 2. The van der Waals surface area contributed by atoms with Gasteiger partial charge in [0.25, 0.3) is 0 Å². The molecule has 0 aliphatic rings. The van der Waals surface area contributed by atoms with Gasteiger partial charge in [-0.15, -0.1) is 10.2 Å². The number of nitrogens with zero attached hydrogens (tertiary/aromatic N) is 4. The lowest BCUT2D eigenvalue weighted by Crippen LogP contribution is -2.29. The first-order chi connectivity index (χ1) is 12.8. The second-order valence-corrected chi connectivity index (χ2v) is 7.66. The highest BCUT2D eigenvalue weighted by Crippen LogP contribution is 2.11. The molecule has 0 amide bonds. The third-order valence-electron chi connectivity index (χ3n) is 3.71. The molecule has 0 saturated heterocycles. The van der Waals surface area contributed by atoms with Crippen molar-refractivity contribution >= 4 is 15.8 Å². The molecule has 1 aromatic carbocycles. The minimum Gasteiger partial charge on any atom is -0.367 e. The molecule has 27 heavy (non-hydrogen) atoms. The van der Waals surface area contributed by atoms with E-state index in [0.29, 0.717) is 18.2 Å². The Morgan fingerprint density at radius 3 is 2.52 bits per heavy atom. The van der Waals surface area contributed by atoms with Gasteiger partial charge in [0.05, 0.1) is 10.6 Å². The van der Waals surface area contributed by atoms with Gasteiger partial charge in [0.15, 0.2) is 5.82 Å². The fourth-order valence-electron chi connectivity index (χ4n) is 2.49. The van der Waals surface area contributed by atoms with Crippen LogP contribution in [0.5, 0.6) is 0 Å². The van der Waals surface area contributed by atoms with Crippen molar-refractivity contribution in [2.75, 3.05) is 18.4 Å². The van der Waals surface area contributed by atoms with E-state index in [4.69, 9.17) is 0 Å². The van der Waals surface area contributed by atoms with E-state index in [1.54, 1.807) is 16.8 Å². The van der Waals surface area contributed by atoms with Gasteiger partial charge in [-0.25, -0.2) is 22.2 Å². The Labute approximate surface area is 156 Å². The number of anilines is 1. The van der Waals surface area contributed by atoms with Crippen molar-refractivity contribution in [1.29, 1.82) is 0 Å². The number of aromatic nitrogens is 4. The summed E-state index contributed by atoms with van der Waals surface area (Å²) in [5.41, 5.74) is 1.84. The zero-order valence-corrected chi connectivity index (χ0v) is 15.7. The van der Waals surface area contributed by atoms with Crippen LogP contribution in [0.2, 0.25) is 0 Å². The molecule has 0 aliphatic heterocycles. The van der Waals surface area contributed by atoms with Gasteiger partial charge >= 0.3 is 0 Å². The van der Waals surface area contributed by atoms with Crippen molar-refractivity contribution < 1.29 is 12.8 Å². The quantitative estimate of drug-likeness (QED) is 0.597. The fourth-order valence-corrected chi connectivity index (χ4v) is 3.55. The first kappa shape index (κ1) is 18.9. The van der Waals surface area contributed by atoms with Crippen LogP contribution in [0.1, 0.15) is 11.4 Å². The number of rotatable bonds is 7. The largest absolute Gasteiger partial charge is 0.367 e. The lowest BCUT2D eigenvalue weighted by molar-refractivity contribution is 0.579. The molecule has 3 rings (SSSR count). The van der Waals surface area contributed by atoms with Gasteiger partial charge in [0, 0.05) is 18.8 Å². The molecule has 10 heteroatoms. The molecule has 0 spiro atoms. The summed E-state index contributed by atoms with van der Waals surface area (Å²) in [5, 5.41) is 15.5. The van der Waals surface area contributed by atoms with E-state index in [0.717, 1.165) is 17.5 Å². The molecule has 0 saturated carbocycles. The lowest BCUT2D eigenvalue weighted by atomic mass is 10.4. The van der Waals surface area contributed by atoms with E-state index in [-0.39, 0.29) is 11.4 Å². The van der Waals surface area contributed by atoms with Gasteiger partial charge < -0.3 is 5.32 Å². The highest BCUT2D eigenvalue weighted by Gasteiger charge is 2.13. The van der Waals surface area contributed by atoms with Crippen LogP contribution in [-0.4, -0.2) is 41.5 Å². The molecule has 2 heterocycles. The van der Waals surface area contributed by atoms with Gasteiger partial charge in [-0.1, -0.05) is 6.07 Å². The molecule has 3 aromatic rings. The normalized spacial score (nSPS) is 11.5. The van der Waals surface area contributed by atoms with Crippen LogP contribution in [0, 0.1) is 19.7 Å². The SMILES string of the molecule is Cc1cc(C)n(-c2ccc(NCCNS(=O)(=O)c3cccc(F)c3)nn2)n1. The Hall–Kier alpha value is -2.85. The second-order valence-electron chi connectivity index (χ2n) is 5.90. The number of benzene rings is 1. The van der Waals surface area contributed by atoms with E-state index in [1.807, 2.05) is 19.9 Å². The zero-order chi connectivity index (χ0) is 19.4. The van der Waals surface area contributed by atoms with E-state index in [9.17, 15) is 12.8 Å². The smallest absolute Gasteiger partial charge is 0.240 e. The molecule has 8 nitrogen and oxygen atoms in total. The maximum atomic E-state index is 13.2. The number of aryl methyl sites for hydroxylation is 2. The first-order valence-corrected chi connectivity index (χ1v) is 9.70. The first-order valence-electron chi connectivity index (χ1n) is 8.22. The molecule has 0 atom stereocenters. The standard InChI is InChI=1S/C17H19FN6O2S/c1-12-10-13(2)24(23-12)17-7-6-16(21-22-17)19-8-9-20-27(25,26)15-5-3-4-14(18)11-15/h3-7,10-11,20H,8-9H2,1-2H3,(H,19,21). The van der Waals surface area contributed by atoms with Crippen LogP contribution in [0.4, 0.5) is 10.2 Å². The number of hydrogen-bond acceptors (Lipinski definition) is 6. The van der Waals surface area contributed by atoms with Crippen molar-refractivity contribution in [3.8, 4) is 5.82 Å². The van der Waals surface area contributed by atoms with E-state index in [2.05, 4.69) is 25.3 Å².